The Balaban J connectivity index is 1.82. The van der Waals surface area contributed by atoms with Crippen LogP contribution in [0.4, 0.5) is 5.69 Å². The van der Waals surface area contributed by atoms with Gasteiger partial charge in [0.1, 0.15) is 16.5 Å². The van der Waals surface area contributed by atoms with Crippen LogP contribution in [0, 0.1) is 6.92 Å². The minimum atomic E-state index is -0.233. The second kappa shape index (κ2) is 6.29. The van der Waals surface area contributed by atoms with E-state index in [2.05, 4.69) is 10.3 Å². The number of amides is 1. The number of thiazole rings is 1. The zero-order valence-corrected chi connectivity index (χ0v) is 13.8. The topological polar surface area (TPSA) is 51.2 Å². The maximum Gasteiger partial charge on any atom is 0.275 e. The largest absolute Gasteiger partial charge is 0.495 e. The van der Waals surface area contributed by atoms with Gasteiger partial charge in [0.25, 0.3) is 5.91 Å². The first-order chi connectivity index (χ1) is 10.7. The lowest BCUT2D eigenvalue weighted by atomic mass is 10.2. The Morgan fingerprint density at radius 3 is 2.86 bits per heavy atom. The molecule has 0 fully saturated rings. The van der Waals surface area contributed by atoms with Gasteiger partial charge in [0.05, 0.1) is 17.7 Å². The minimum Gasteiger partial charge on any atom is -0.495 e. The molecule has 0 aliphatic carbocycles. The fourth-order valence-corrected chi connectivity index (χ4v) is 3.61. The molecule has 0 radical (unpaired) electrons. The first kappa shape index (κ1) is 14.7. The highest BCUT2D eigenvalue weighted by molar-refractivity contribution is 7.20. The Hall–Kier alpha value is -2.18. The molecule has 22 heavy (non-hydrogen) atoms. The monoisotopic (exact) mass is 330 g/mol. The Morgan fingerprint density at radius 1 is 1.27 bits per heavy atom. The highest BCUT2D eigenvalue weighted by Crippen LogP contribution is 2.29. The third-order valence-corrected chi connectivity index (χ3v) is 4.95. The number of carbonyl (C=O) groups is 1. The van der Waals surface area contributed by atoms with Gasteiger partial charge < -0.3 is 10.1 Å². The first-order valence-electron chi connectivity index (χ1n) is 6.63. The number of nitrogens with zero attached hydrogens (tertiary/aromatic N) is 1. The van der Waals surface area contributed by atoms with E-state index in [1.807, 2.05) is 42.6 Å². The summed E-state index contributed by atoms with van der Waals surface area (Å²) in [7, 11) is 1.58. The Morgan fingerprint density at radius 2 is 2.14 bits per heavy atom. The SMILES string of the molecule is COc1ccc(C)cc1NC(=O)c1csc(-c2cccs2)n1. The predicted molar refractivity (Wildman–Crippen MR) is 91.1 cm³/mol. The second-order valence-corrected chi connectivity index (χ2v) is 6.48. The number of anilines is 1. The number of methoxy groups -OCH3 is 1. The molecule has 1 N–H and O–H groups in total. The lowest BCUT2D eigenvalue weighted by molar-refractivity contribution is 0.102. The first-order valence-corrected chi connectivity index (χ1v) is 8.38. The fourth-order valence-electron chi connectivity index (χ4n) is 2.00. The maximum absolute atomic E-state index is 12.4. The van der Waals surface area contributed by atoms with Crippen molar-refractivity contribution in [1.82, 2.24) is 4.98 Å². The normalized spacial score (nSPS) is 10.5. The Bertz CT molecular complexity index is 794. The van der Waals surface area contributed by atoms with Gasteiger partial charge in [-0.2, -0.15) is 0 Å². The summed E-state index contributed by atoms with van der Waals surface area (Å²) >= 11 is 3.08. The van der Waals surface area contributed by atoms with Crippen molar-refractivity contribution in [3.8, 4) is 15.6 Å². The molecule has 0 aliphatic rings. The van der Waals surface area contributed by atoms with Crippen LogP contribution >= 0.6 is 22.7 Å². The van der Waals surface area contributed by atoms with Gasteiger partial charge in [-0.05, 0) is 36.1 Å². The van der Waals surface area contributed by atoms with Crippen molar-refractivity contribution in [3.63, 3.8) is 0 Å². The quantitative estimate of drug-likeness (QED) is 0.769. The fraction of sp³-hybridized carbons (Fsp3) is 0.125. The lowest BCUT2D eigenvalue weighted by Crippen LogP contribution is -2.13. The molecule has 3 aromatic rings. The summed E-state index contributed by atoms with van der Waals surface area (Å²) < 4.78 is 5.27. The third-order valence-electron chi connectivity index (χ3n) is 3.07. The number of rotatable bonds is 4. The van der Waals surface area contributed by atoms with E-state index in [9.17, 15) is 4.79 Å². The number of hydrogen-bond acceptors (Lipinski definition) is 5. The molecule has 112 valence electrons. The number of aryl methyl sites for hydroxylation is 1. The number of benzene rings is 1. The maximum atomic E-state index is 12.4. The highest BCUT2D eigenvalue weighted by Gasteiger charge is 2.14. The lowest BCUT2D eigenvalue weighted by Gasteiger charge is -2.10. The molecule has 0 aliphatic heterocycles. The summed E-state index contributed by atoms with van der Waals surface area (Å²) in [6.07, 6.45) is 0. The molecule has 2 heterocycles. The van der Waals surface area contributed by atoms with Crippen LogP contribution in [0.25, 0.3) is 9.88 Å². The van der Waals surface area contributed by atoms with Crippen LogP contribution in [0.3, 0.4) is 0 Å². The molecular weight excluding hydrogens is 316 g/mol. The standard InChI is InChI=1S/C16H14N2O2S2/c1-10-5-6-13(20-2)11(8-10)17-15(19)12-9-22-16(18-12)14-4-3-7-21-14/h3-9H,1-2H3,(H,17,19). The van der Waals surface area contributed by atoms with Crippen LogP contribution in [-0.4, -0.2) is 18.0 Å². The summed E-state index contributed by atoms with van der Waals surface area (Å²) in [6.45, 7) is 1.97. The number of aromatic nitrogens is 1. The average molecular weight is 330 g/mol. The molecular formula is C16H14N2O2S2. The van der Waals surface area contributed by atoms with Gasteiger partial charge in [-0.1, -0.05) is 12.1 Å². The minimum absolute atomic E-state index is 0.233. The van der Waals surface area contributed by atoms with Crippen LogP contribution in [0.2, 0.25) is 0 Å². The van der Waals surface area contributed by atoms with Gasteiger partial charge in [0, 0.05) is 5.38 Å². The summed E-state index contributed by atoms with van der Waals surface area (Å²) in [5.41, 5.74) is 2.11. The van der Waals surface area contributed by atoms with E-state index in [0.29, 0.717) is 17.1 Å². The molecule has 0 bridgehead atoms. The van der Waals surface area contributed by atoms with E-state index in [-0.39, 0.29) is 5.91 Å². The second-order valence-electron chi connectivity index (χ2n) is 4.67. The number of nitrogens with one attached hydrogen (secondary N) is 1. The molecule has 0 saturated carbocycles. The zero-order chi connectivity index (χ0) is 15.5. The van der Waals surface area contributed by atoms with E-state index in [1.165, 1.54) is 11.3 Å². The van der Waals surface area contributed by atoms with Gasteiger partial charge in [-0.3, -0.25) is 4.79 Å². The van der Waals surface area contributed by atoms with E-state index < -0.39 is 0 Å². The number of thiophene rings is 1. The van der Waals surface area contributed by atoms with Crippen molar-refractivity contribution in [2.24, 2.45) is 0 Å². The van der Waals surface area contributed by atoms with E-state index >= 15 is 0 Å². The summed E-state index contributed by atoms with van der Waals surface area (Å²) in [4.78, 5) is 17.8. The zero-order valence-electron chi connectivity index (χ0n) is 12.1. The molecule has 2 aromatic heterocycles. The Kier molecular flexibility index (Phi) is 4.22. The third kappa shape index (κ3) is 3.03. The molecule has 4 nitrogen and oxygen atoms in total. The molecule has 1 aromatic carbocycles. The highest BCUT2D eigenvalue weighted by atomic mass is 32.1. The van der Waals surface area contributed by atoms with Crippen molar-refractivity contribution < 1.29 is 9.53 Å². The number of carbonyl (C=O) groups excluding carboxylic acids is 1. The molecule has 6 heteroatoms. The van der Waals surface area contributed by atoms with Crippen molar-refractivity contribution in [1.29, 1.82) is 0 Å². The smallest absolute Gasteiger partial charge is 0.275 e. The van der Waals surface area contributed by atoms with Crippen LogP contribution in [0.5, 0.6) is 5.75 Å². The van der Waals surface area contributed by atoms with E-state index in [4.69, 9.17) is 4.74 Å². The summed E-state index contributed by atoms with van der Waals surface area (Å²) in [6, 6.07) is 9.62. The van der Waals surface area contributed by atoms with Gasteiger partial charge in [0.15, 0.2) is 0 Å². The molecule has 0 unspecified atom stereocenters. The van der Waals surface area contributed by atoms with Gasteiger partial charge >= 0.3 is 0 Å². The van der Waals surface area contributed by atoms with Crippen molar-refractivity contribution in [2.75, 3.05) is 12.4 Å². The van der Waals surface area contributed by atoms with Crippen molar-refractivity contribution >= 4 is 34.3 Å². The molecule has 0 saturated heterocycles. The molecule has 1 amide bonds. The van der Waals surface area contributed by atoms with Crippen LogP contribution in [0.1, 0.15) is 16.1 Å². The van der Waals surface area contributed by atoms with Crippen LogP contribution in [-0.2, 0) is 0 Å². The van der Waals surface area contributed by atoms with E-state index in [1.54, 1.807) is 23.8 Å². The molecule has 3 rings (SSSR count). The van der Waals surface area contributed by atoms with Crippen molar-refractivity contribution in [3.05, 3.63) is 52.3 Å². The van der Waals surface area contributed by atoms with Gasteiger partial charge in [-0.15, -0.1) is 22.7 Å². The molecule has 0 atom stereocenters. The summed E-state index contributed by atoms with van der Waals surface area (Å²) in [5, 5.41) is 7.48. The number of ether oxygens (including phenoxy) is 1. The van der Waals surface area contributed by atoms with Gasteiger partial charge in [-0.25, -0.2) is 4.98 Å². The van der Waals surface area contributed by atoms with E-state index in [0.717, 1.165) is 15.4 Å². The predicted octanol–water partition coefficient (Wildman–Crippen LogP) is 4.44. The Labute approximate surface area is 136 Å². The van der Waals surface area contributed by atoms with Crippen LogP contribution < -0.4 is 10.1 Å². The van der Waals surface area contributed by atoms with Gasteiger partial charge in [0.2, 0.25) is 0 Å². The molecule has 0 spiro atoms. The van der Waals surface area contributed by atoms with Crippen molar-refractivity contribution in [2.45, 2.75) is 6.92 Å². The number of hydrogen-bond donors (Lipinski definition) is 1. The van der Waals surface area contributed by atoms with Crippen LogP contribution in [0.15, 0.2) is 41.1 Å². The summed E-state index contributed by atoms with van der Waals surface area (Å²) in [5.74, 6) is 0.399. The average Bonchev–Trinajstić information content (AvgIpc) is 3.18.